The molecule has 0 aromatic heterocycles. The third-order valence-corrected chi connectivity index (χ3v) is 2.98. The number of rotatable bonds is 5. The first-order chi connectivity index (χ1) is 10.4. The summed E-state index contributed by atoms with van der Waals surface area (Å²) in [5, 5.41) is 12.7. The minimum Gasteiger partial charge on any atom is -0.380 e. The number of nitro groups is 1. The van der Waals surface area contributed by atoms with E-state index in [0.717, 1.165) is 5.56 Å². The van der Waals surface area contributed by atoms with Gasteiger partial charge in [0.2, 0.25) is 11.6 Å². The van der Waals surface area contributed by atoms with Gasteiger partial charge in [-0.1, -0.05) is 30.3 Å². The smallest absolute Gasteiger partial charge is 0.346 e. The van der Waals surface area contributed by atoms with Gasteiger partial charge in [-0.3, -0.25) is 10.1 Å². The molecule has 1 N–H and O–H groups in total. The Labute approximate surface area is 122 Å². The molecule has 0 fully saturated rings. The van der Waals surface area contributed by atoms with Gasteiger partial charge in [0.25, 0.3) is 0 Å². The minimum atomic E-state index is -2.04. The molecule has 0 radical (unpaired) electrons. The average Bonchev–Trinajstić information content (AvgIpc) is 2.49. The summed E-state index contributed by atoms with van der Waals surface area (Å²) in [4.78, 5) is 8.92. The van der Waals surface area contributed by atoms with Crippen LogP contribution in [-0.4, -0.2) is 11.5 Å². The fraction of sp³-hybridized carbons (Fsp3) is 0.143. The summed E-state index contributed by atoms with van der Waals surface area (Å²) in [5.74, 6) is -7.71. The predicted octanol–water partition coefficient (Wildman–Crippen LogP) is 3.81. The van der Waals surface area contributed by atoms with Crippen LogP contribution in [0.5, 0.6) is 0 Å². The van der Waals surface area contributed by atoms with Crippen LogP contribution in [-0.2, 0) is 6.42 Å². The van der Waals surface area contributed by atoms with Crippen molar-refractivity contribution in [2.45, 2.75) is 6.42 Å². The molecule has 22 heavy (non-hydrogen) atoms. The highest BCUT2D eigenvalue weighted by molar-refractivity contribution is 5.53. The van der Waals surface area contributed by atoms with Gasteiger partial charge in [0, 0.05) is 6.54 Å². The van der Waals surface area contributed by atoms with E-state index in [4.69, 9.17) is 0 Å². The van der Waals surface area contributed by atoms with Crippen LogP contribution in [0.2, 0.25) is 0 Å². The summed E-state index contributed by atoms with van der Waals surface area (Å²) in [6.07, 6.45) is 0.347. The standard InChI is InChI=1S/C14H10F4N2O2/c15-9-11(17)14(20(21)22)12(18)10(16)13(9)19-7-6-8-4-2-1-3-5-8/h1-5,19H,6-7H2. The van der Waals surface area contributed by atoms with Crippen molar-refractivity contribution in [3.05, 3.63) is 69.3 Å². The van der Waals surface area contributed by atoms with Crippen LogP contribution in [0, 0.1) is 33.4 Å². The van der Waals surface area contributed by atoms with Crippen LogP contribution in [0.3, 0.4) is 0 Å². The largest absolute Gasteiger partial charge is 0.380 e. The molecule has 4 nitrogen and oxygen atoms in total. The van der Waals surface area contributed by atoms with Gasteiger partial charge in [-0.2, -0.15) is 8.78 Å². The Bertz CT molecular complexity index is 679. The number of hydrogen-bond acceptors (Lipinski definition) is 3. The summed E-state index contributed by atoms with van der Waals surface area (Å²) >= 11 is 0. The Balaban J connectivity index is 2.23. The Morgan fingerprint density at radius 1 is 0.955 bits per heavy atom. The molecular weight excluding hydrogens is 304 g/mol. The van der Waals surface area contributed by atoms with Crippen LogP contribution >= 0.6 is 0 Å². The Kier molecular flexibility index (Phi) is 4.59. The first kappa shape index (κ1) is 15.7. The highest BCUT2D eigenvalue weighted by Gasteiger charge is 2.32. The van der Waals surface area contributed by atoms with Crippen LogP contribution in [0.15, 0.2) is 30.3 Å². The van der Waals surface area contributed by atoms with Crippen molar-refractivity contribution in [3.63, 3.8) is 0 Å². The SMILES string of the molecule is O=[N+]([O-])c1c(F)c(F)c(NCCc2ccccc2)c(F)c1F. The van der Waals surface area contributed by atoms with E-state index in [1.54, 1.807) is 30.3 Å². The number of nitrogens with zero attached hydrogens (tertiary/aromatic N) is 1. The maximum absolute atomic E-state index is 13.6. The van der Waals surface area contributed by atoms with Crippen LogP contribution in [0.4, 0.5) is 28.9 Å². The van der Waals surface area contributed by atoms with Crippen LogP contribution in [0.25, 0.3) is 0 Å². The normalized spacial score (nSPS) is 10.5. The number of nitrogens with one attached hydrogen (secondary N) is 1. The van der Waals surface area contributed by atoms with Crippen molar-refractivity contribution in [1.29, 1.82) is 0 Å². The second kappa shape index (κ2) is 6.42. The van der Waals surface area contributed by atoms with Crippen molar-refractivity contribution in [3.8, 4) is 0 Å². The molecule has 0 spiro atoms. The number of hydrogen-bond donors (Lipinski definition) is 1. The molecule has 0 saturated heterocycles. The maximum Gasteiger partial charge on any atom is 0.346 e. The van der Waals surface area contributed by atoms with Gasteiger partial charge in [0.1, 0.15) is 5.69 Å². The lowest BCUT2D eigenvalue weighted by atomic mass is 10.1. The van der Waals surface area contributed by atoms with E-state index in [-0.39, 0.29) is 6.54 Å². The summed E-state index contributed by atoms with van der Waals surface area (Å²) in [6.45, 7) is -0.00541. The fourth-order valence-corrected chi connectivity index (χ4v) is 1.91. The molecule has 0 aliphatic carbocycles. The molecule has 8 heteroatoms. The summed E-state index contributed by atoms with van der Waals surface area (Å²) in [7, 11) is 0. The van der Waals surface area contributed by atoms with E-state index >= 15 is 0 Å². The zero-order valence-electron chi connectivity index (χ0n) is 11.1. The molecule has 0 amide bonds. The van der Waals surface area contributed by atoms with E-state index in [1.165, 1.54) is 0 Å². The quantitative estimate of drug-likeness (QED) is 0.395. The molecule has 0 aliphatic rings. The lowest BCUT2D eigenvalue weighted by Crippen LogP contribution is -2.12. The van der Waals surface area contributed by atoms with Gasteiger partial charge in [-0.25, -0.2) is 8.78 Å². The average molecular weight is 314 g/mol. The van der Waals surface area contributed by atoms with Crippen molar-refractivity contribution < 1.29 is 22.5 Å². The van der Waals surface area contributed by atoms with Crippen molar-refractivity contribution in [1.82, 2.24) is 0 Å². The Morgan fingerprint density at radius 2 is 1.50 bits per heavy atom. The maximum atomic E-state index is 13.6. The molecule has 2 aromatic rings. The first-order valence-corrected chi connectivity index (χ1v) is 6.21. The topological polar surface area (TPSA) is 55.2 Å². The molecule has 0 aliphatic heterocycles. The highest BCUT2D eigenvalue weighted by Crippen LogP contribution is 2.32. The monoisotopic (exact) mass is 314 g/mol. The second-order valence-corrected chi connectivity index (χ2v) is 4.40. The van der Waals surface area contributed by atoms with Crippen molar-refractivity contribution in [2.75, 3.05) is 11.9 Å². The van der Waals surface area contributed by atoms with Gasteiger partial charge in [-0.15, -0.1) is 0 Å². The third kappa shape index (κ3) is 3.00. The number of benzene rings is 2. The summed E-state index contributed by atoms with van der Waals surface area (Å²) in [6, 6.07) is 8.86. The van der Waals surface area contributed by atoms with Gasteiger partial charge >= 0.3 is 5.69 Å². The minimum absolute atomic E-state index is 0.00541. The van der Waals surface area contributed by atoms with E-state index in [9.17, 15) is 27.7 Å². The van der Waals surface area contributed by atoms with Gasteiger partial charge < -0.3 is 5.32 Å². The summed E-state index contributed by atoms with van der Waals surface area (Å²) < 4.78 is 54.2. The van der Waals surface area contributed by atoms with Crippen LogP contribution < -0.4 is 5.32 Å². The zero-order chi connectivity index (χ0) is 16.3. The lowest BCUT2D eigenvalue weighted by Gasteiger charge is -2.10. The molecule has 0 bridgehead atoms. The molecule has 0 atom stereocenters. The lowest BCUT2D eigenvalue weighted by molar-refractivity contribution is -0.390. The van der Waals surface area contributed by atoms with Crippen molar-refractivity contribution >= 4 is 11.4 Å². The zero-order valence-corrected chi connectivity index (χ0v) is 11.1. The van der Waals surface area contributed by atoms with Gasteiger partial charge in [-0.05, 0) is 12.0 Å². The Hall–Kier alpha value is -2.64. The second-order valence-electron chi connectivity index (χ2n) is 4.40. The van der Waals surface area contributed by atoms with Crippen LogP contribution in [0.1, 0.15) is 5.56 Å². The van der Waals surface area contributed by atoms with E-state index in [0.29, 0.717) is 6.42 Å². The van der Waals surface area contributed by atoms with E-state index < -0.39 is 39.6 Å². The molecule has 0 saturated carbocycles. The molecule has 2 rings (SSSR count). The summed E-state index contributed by atoms with van der Waals surface area (Å²) in [5.41, 5.74) is -2.06. The van der Waals surface area contributed by atoms with E-state index in [2.05, 4.69) is 5.32 Å². The van der Waals surface area contributed by atoms with Gasteiger partial charge in [0.15, 0.2) is 11.6 Å². The molecule has 2 aromatic carbocycles. The third-order valence-electron chi connectivity index (χ3n) is 2.98. The number of nitro benzene ring substituents is 1. The number of anilines is 1. The molecule has 116 valence electrons. The molecular formula is C14H10F4N2O2. The van der Waals surface area contributed by atoms with Crippen molar-refractivity contribution in [2.24, 2.45) is 0 Å². The molecule has 0 unspecified atom stereocenters. The first-order valence-electron chi connectivity index (χ1n) is 6.21. The molecule has 0 heterocycles. The van der Waals surface area contributed by atoms with Gasteiger partial charge in [0.05, 0.1) is 4.92 Å². The number of halogens is 4. The Morgan fingerprint density at radius 3 is 2.00 bits per heavy atom. The van der Waals surface area contributed by atoms with E-state index in [1.807, 2.05) is 0 Å². The predicted molar refractivity (Wildman–Crippen MR) is 71.6 cm³/mol. The highest BCUT2D eigenvalue weighted by atomic mass is 19.2. The fourth-order valence-electron chi connectivity index (χ4n) is 1.91.